The highest BCUT2D eigenvalue weighted by Gasteiger charge is 2.25. The molecule has 3 N–H and O–H groups in total. The number of nitrogens with two attached hydrogens (primary N) is 1. The third-order valence-corrected chi connectivity index (χ3v) is 2.61. The molecule has 1 aliphatic rings. The summed E-state index contributed by atoms with van der Waals surface area (Å²) in [7, 11) is 0. The number of carboxylic acids is 1. The second kappa shape index (κ2) is 4.09. The molecule has 0 aliphatic carbocycles. The second-order valence-electron chi connectivity index (χ2n) is 3.75. The van der Waals surface area contributed by atoms with Crippen molar-refractivity contribution in [3.63, 3.8) is 0 Å². The number of hydrogen-bond acceptors (Lipinski definition) is 3. The van der Waals surface area contributed by atoms with Crippen LogP contribution in [-0.4, -0.2) is 17.7 Å². The summed E-state index contributed by atoms with van der Waals surface area (Å²) in [6.45, 7) is 0.492. The van der Waals surface area contributed by atoms with Gasteiger partial charge in [-0.3, -0.25) is 4.79 Å². The maximum absolute atomic E-state index is 13.6. The van der Waals surface area contributed by atoms with E-state index in [0.29, 0.717) is 18.8 Å². The van der Waals surface area contributed by atoms with E-state index in [0.717, 1.165) is 5.56 Å². The molecule has 1 unspecified atom stereocenters. The molecule has 0 spiro atoms. The number of ether oxygens (including phenoxy) is 1. The predicted molar refractivity (Wildman–Crippen MR) is 54.8 cm³/mol. The number of fused-ring (bicyclic) bond motifs is 1. The fourth-order valence-electron chi connectivity index (χ4n) is 1.89. The van der Waals surface area contributed by atoms with Gasteiger partial charge in [-0.15, -0.1) is 0 Å². The van der Waals surface area contributed by atoms with Crippen LogP contribution < -0.4 is 10.5 Å². The molecular formula is C11H12FNO3. The van der Waals surface area contributed by atoms with Gasteiger partial charge in [-0.05, 0) is 11.6 Å². The number of carboxylic acid groups (broad SMARTS) is 1. The largest absolute Gasteiger partial charge is 0.492 e. The van der Waals surface area contributed by atoms with Crippen LogP contribution in [0.2, 0.25) is 0 Å². The molecule has 1 aromatic carbocycles. The zero-order valence-electron chi connectivity index (χ0n) is 8.57. The summed E-state index contributed by atoms with van der Waals surface area (Å²) >= 11 is 0. The Balaban J connectivity index is 2.39. The maximum Gasteiger partial charge on any atom is 0.305 e. The van der Waals surface area contributed by atoms with Gasteiger partial charge in [-0.25, -0.2) is 4.39 Å². The molecule has 1 aromatic rings. The van der Waals surface area contributed by atoms with Crippen LogP contribution in [0.3, 0.4) is 0 Å². The lowest BCUT2D eigenvalue weighted by Gasteiger charge is -2.14. The van der Waals surface area contributed by atoms with E-state index in [4.69, 9.17) is 15.6 Å². The normalized spacial score (nSPS) is 15.4. The van der Waals surface area contributed by atoms with Crippen molar-refractivity contribution in [1.29, 1.82) is 0 Å². The smallest absolute Gasteiger partial charge is 0.305 e. The number of benzene rings is 1. The van der Waals surface area contributed by atoms with E-state index < -0.39 is 17.8 Å². The van der Waals surface area contributed by atoms with E-state index in [1.165, 1.54) is 6.07 Å². The molecule has 4 nitrogen and oxygen atoms in total. The van der Waals surface area contributed by atoms with Crippen molar-refractivity contribution in [3.05, 3.63) is 29.1 Å². The lowest BCUT2D eigenvalue weighted by atomic mass is 9.99. The van der Waals surface area contributed by atoms with E-state index in [-0.39, 0.29) is 12.0 Å². The molecule has 0 saturated carbocycles. The molecule has 0 saturated heterocycles. The summed E-state index contributed by atoms with van der Waals surface area (Å²) in [4.78, 5) is 10.6. The predicted octanol–water partition coefficient (Wildman–Crippen LogP) is 1.24. The quantitative estimate of drug-likeness (QED) is 0.811. The van der Waals surface area contributed by atoms with Crippen molar-refractivity contribution in [2.75, 3.05) is 6.61 Å². The van der Waals surface area contributed by atoms with Gasteiger partial charge in [0.1, 0.15) is 11.6 Å². The van der Waals surface area contributed by atoms with E-state index >= 15 is 0 Å². The molecule has 0 radical (unpaired) electrons. The minimum Gasteiger partial charge on any atom is -0.492 e. The Morgan fingerprint density at radius 3 is 3.06 bits per heavy atom. The summed E-state index contributed by atoms with van der Waals surface area (Å²) in [5, 5.41) is 8.64. The molecule has 0 amide bonds. The maximum atomic E-state index is 13.6. The van der Waals surface area contributed by atoms with Crippen molar-refractivity contribution in [2.24, 2.45) is 5.73 Å². The topological polar surface area (TPSA) is 72.6 Å². The second-order valence-corrected chi connectivity index (χ2v) is 3.75. The Hall–Kier alpha value is -1.62. The Bertz CT molecular complexity index is 433. The number of hydrogen-bond donors (Lipinski definition) is 2. The fourth-order valence-corrected chi connectivity index (χ4v) is 1.89. The van der Waals surface area contributed by atoms with Crippen molar-refractivity contribution in [2.45, 2.75) is 18.9 Å². The van der Waals surface area contributed by atoms with Crippen molar-refractivity contribution < 1.29 is 19.0 Å². The first-order chi connectivity index (χ1) is 7.59. The third kappa shape index (κ3) is 1.86. The Labute approximate surface area is 91.8 Å². The molecule has 5 heteroatoms. The van der Waals surface area contributed by atoms with Crippen LogP contribution in [0.15, 0.2) is 12.1 Å². The van der Waals surface area contributed by atoms with Crippen LogP contribution in [0.4, 0.5) is 4.39 Å². The Kier molecular flexibility index (Phi) is 2.78. The van der Waals surface area contributed by atoms with Crippen LogP contribution in [0.5, 0.6) is 5.75 Å². The van der Waals surface area contributed by atoms with Crippen LogP contribution in [-0.2, 0) is 11.2 Å². The average molecular weight is 225 g/mol. The van der Waals surface area contributed by atoms with Gasteiger partial charge in [0.2, 0.25) is 0 Å². The standard InChI is InChI=1S/C11H12FNO3/c12-7-2-1-6-3-4-16-11(6)10(7)8(13)5-9(14)15/h1-2,8H,3-5,13H2,(H,14,15). The summed E-state index contributed by atoms with van der Waals surface area (Å²) < 4.78 is 18.9. The van der Waals surface area contributed by atoms with Gasteiger partial charge in [0, 0.05) is 18.0 Å². The van der Waals surface area contributed by atoms with E-state index in [1.54, 1.807) is 6.07 Å². The summed E-state index contributed by atoms with van der Waals surface area (Å²) in [6.07, 6.45) is 0.402. The molecule has 1 aliphatic heterocycles. The first kappa shape index (κ1) is 10.9. The SMILES string of the molecule is NC(CC(=O)O)c1c(F)ccc2c1OCC2. The lowest BCUT2D eigenvalue weighted by Crippen LogP contribution is -2.17. The highest BCUT2D eigenvalue weighted by molar-refractivity contribution is 5.68. The first-order valence-electron chi connectivity index (χ1n) is 5.01. The summed E-state index contributed by atoms with van der Waals surface area (Å²) in [6, 6.07) is 2.09. The van der Waals surface area contributed by atoms with Crippen molar-refractivity contribution in [3.8, 4) is 5.75 Å². The van der Waals surface area contributed by atoms with Crippen LogP contribution >= 0.6 is 0 Å². The van der Waals surface area contributed by atoms with Crippen LogP contribution in [0.1, 0.15) is 23.6 Å². The number of aliphatic carboxylic acids is 1. The third-order valence-electron chi connectivity index (χ3n) is 2.61. The molecule has 2 rings (SSSR count). The molecule has 1 atom stereocenters. The zero-order chi connectivity index (χ0) is 11.7. The molecule has 0 fully saturated rings. The van der Waals surface area contributed by atoms with Gasteiger partial charge in [-0.1, -0.05) is 6.07 Å². The van der Waals surface area contributed by atoms with E-state index in [2.05, 4.69) is 0 Å². The minimum absolute atomic E-state index is 0.178. The van der Waals surface area contributed by atoms with Crippen LogP contribution in [0.25, 0.3) is 0 Å². The highest BCUT2D eigenvalue weighted by Crippen LogP contribution is 2.35. The molecule has 1 heterocycles. The fraction of sp³-hybridized carbons (Fsp3) is 0.364. The highest BCUT2D eigenvalue weighted by atomic mass is 19.1. The van der Waals surface area contributed by atoms with Crippen molar-refractivity contribution in [1.82, 2.24) is 0 Å². The van der Waals surface area contributed by atoms with Crippen LogP contribution in [0, 0.1) is 5.82 Å². The van der Waals surface area contributed by atoms with E-state index in [9.17, 15) is 9.18 Å². The Morgan fingerprint density at radius 1 is 1.62 bits per heavy atom. The van der Waals surface area contributed by atoms with Gasteiger partial charge < -0.3 is 15.6 Å². The average Bonchev–Trinajstić information content (AvgIpc) is 2.63. The van der Waals surface area contributed by atoms with Crippen molar-refractivity contribution >= 4 is 5.97 Å². The monoisotopic (exact) mass is 225 g/mol. The zero-order valence-corrected chi connectivity index (χ0v) is 8.57. The van der Waals surface area contributed by atoms with Gasteiger partial charge in [-0.2, -0.15) is 0 Å². The summed E-state index contributed by atoms with van der Waals surface area (Å²) in [5.74, 6) is -1.13. The molecule has 86 valence electrons. The van der Waals surface area contributed by atoms with Gasteiger partial charge in [0.05, 0.1) is 13.0 Å². The minimum atomic E-state index is -1.05. The van der Waals surface area contributed by atoms with Gasteiger partial charge in [0.25, 0.3) is 0 Å². The molecule has 0 bridgehead atoms. The molecular weight excluding hydrogens is 213 g/mol. The first-order valence-corrected chi connectivity index (χ1v) is 5.01. The lowest BCUT2D eigenvalue weighted by molar-refractivity contribution is -0.137. The number of rotatable bonds is 3. The Morgan fingerprint density at radius 2 is 2.38 bits per heavy atom. The summed E-state index contributed by atoms with van der Waals surface area (Å²) in [5.41, 5.74) is 6.73. The molecule has 0 aromatic heterocycles. The van der Waals surface area contributed by atoms with E-state index in [1.807, 2.05) is 0 Å². The molecule has 16 heavy (non-hydrogen) atoms. The van der Waals surface area contributed by atoms with Gasteiger partial charge in [0.15, 0.2) is 0 Å². The van der Waals surface area contributed by atoms with Gasteiger partial charge >= 0.3 is 5.97 Å². The number of halogens is 1. The number of carbonyl (C=O) groups is 1.